The first-order valence-corrected chi connectivity index (χ1v) is 6.34. The number of H-pyrrole nitrogens is 1. The molecule has 0 fully saturated rings. The van der Waals surface area contributed by atoms with Gasteiger partial charge in [0.05, 0.1) is 6.61 Å². The van der Waals surface area contributed by atoms with Crippen LogP contribution in [0.2, 0.25) is 0 Å². The van der Waals surface area contributed by atoms with Gasteiger partial charge in [-0.3, -0.25) is 14.4 Å². The van der Waals surface area contributed by atoms with Gasteiger partial charge >= 0.3 is 0 Å². The monoisotopic (exact) mass is 272 g/mol. The van der Waals surface area contributed by atoms with Crippen molar-refractivity contribution in [2.24, 2.45) is 0 Å². The van der Waals surface area contributed by atoms with E-state index in [1.54, 1.807) is 6.07 Å². The molecule has 0 unspecified atom stereocenters. The third-order valence-corrected chi connectivity index (χ3v) is 2.61. The molecule has 2 N–H and O–H groups in total. The van der Waals surface area contributed by atoms with Crippen molar-refractivity contribution in [3.8, 4) is 0 Å². The van der Waals surface area contributed by atoms with Crippen LogP contribution in [-0.4, -0.2) is 23.4 Å². The molecule has 5 nitrogen and oxygen atoms in total. The second-order valence-electron chi connectivity index (χ2n) is 3.88. The van der Waals surface area contributed by atoms with E-state index in [4.69, 9.17) is 16.4 Å². The number of hydrogen-bond acceptors (Lipinski definition) is 3. The van der Waals surface area contributed by atoms with Crippen LogP contribution in [0.4, 0.5) is 0 Å². The molecule has 6 heteroatoms. The van der Waals surface area contributed by atoms with E-state index < -0.39 is 11.5 Å². The molecule has 1 aromatic heterocycles. The number of pyridine rings is 1. The van der Waals surface area contributed by atoms with Crippen molar-refractivity contribution < 1.29 is 9.63 Å². The van der Waals surface area contributed by atoms with Gasteiger partial charge in [0.15, 0.2) is 0 Å². The molecular weight excluding hydrogens is 256 g/mol. The molecule has 0 atom stereocenters. The molecule has 0 bridgehead atoms. The van der Waals surface area contributed by atoms with Crippen molar-refractivity contribution in [2.45, 2.75) is 26.7 Å². The third kappa shape index (κ3) is 3.85. The second-order valence-corrected chi connectivity index (χ2v) is 4.26. The number of rotatable bonds is 6. The van der Waals surface area contributed by atoms with E-state index in [9.17, 15) is 9.59 Å². The zero-order valence-electron chi connectivity index (χ0n) is 10.5. The standard InChI is InChI=1S/C12H17ClN2O3/c1-3-4-9-7-10(11(16)14-8(9)2)12(17)15-18-6-5-13/h7H,3-6H2,1-2H3,(H,14,16)(H,15,17). The van der Waals surface area contributed by atoms with E-state index >= 15 is 0 Å². The van der Waals surface area contributed by atoms with E-state index in [0.717, 1.165) is 24.1 Å². The van der Waals surface area contributed by atoms with Gasteiger partial charge in [0.25, 0.3) is 11.5 Å². The first kappa shape index (κ1) is 14.7. The lowest BCUT2D eigenvalue weighted by molar-refractivity contribution is 0.0370. The van der Waals surface area contributed by atoms with Crippen molar-refractivity contribution in [3.05, 3.63) is 33.2 Å². The molecule has 1 rings (SSSR count). The Morgan fingerprint density at radius 1 is 1.56 bits per heavy atom. The maximum Gasteiger partial charge on any atom is 0.280 e. The van der Waals surface area contributed by atoms with Crippen molar-refractivity contribution in [2.75, 3.05) is 12.5 Å². The molecule has 100 valence electrons. The van der Waals surface area contributed by atoms with E-state index in [-0.39, 0.29) is 18.1 Å². The first-order chi connectivity index (χ1) is 8.60. The van der Waals surface area contributed by atoms with E-state index in [2.05, 4.69) is 10.5 Å². The largest absolute Gasteiger partial charge is 0.326 e. The number of aromatic nitrogens is 1. The molecule has 18 heavy (non-hydrogen) atoms. The predicted octanol–water partition coefficient (Wildman–Crippen LogP) is 1.54. The van der Waals surface area contributed by atoms with Crippen LogP contribution in [-0.2, 0) is 11.3 Å². The third-order valence-electron chi connectivity index (χ3n) is 2.45. The van der Waals surface area contributed by atoms with Crippen LogP contribution in [0.5, 0.6) is 0 Å². The van der Waals surface area contributed by atoms with Crippen LogP contribution in [0.25, 0.3) is 0 Å². The van der Waals surface area contributed by atoms with Crippen LogP contribution in [0.3, 0.4) is 0 Å². The van der Waals surface area contributed by atoms with Gasteiger partial charge in [-0.15, -0.1) is 11.6 Å². The van der Waals surface area contributed by atoms with Gasteiger partial charge in [0, 0.05) is 11.6 Å². The highest BCUT2D eigenvalue weighted by Gasteiger charge is 2.13. The predicted molar refractivity (Wildman–Crippen MR) is 69.9 cm³/mol. The van der Waals surface area contributed by atoms with Gasteiger partial charge in [-0.1, -0.05) is 13.3 Å². The smallest absolute Gasteiger partial charge is 0.280 e. The molecule has 0 saturated carbocycles. The summed E-state index contributed by atoms with van der Waals surface area (Å²) in [6.45, 7) is 4.05. The molecular formula is C12H17ClN2O3. The molecule has 1 heterocycles. The van der Waals surface area contributed by atoms with Crippen molar-refractivity contribution >= 4 is 17.5 Å². The van der Waals surface area contributed by atoms with Crippen molar-refractivity contribution in [3.63, 3.8) is 0 Å². The Balaban J connectivity index is 2.90. The Morgan fingerprint density at radius 2 is 2.28 bits per heavy atom. The van der Waals surface area contributed by atoms with Gasteiger partial charge in [-0.2, -0.15) is 0 Å². The second kappa shape index (κ2) is 7.18. The van der Waals surface area contributed by atoms with Gasteiger partial charge in [-0.25, -0.2) is 5.48 Å². The van der Waals surface area contributed by atoms with Crippen molar-refractivity contribution in [1.29, 1.82) is 0 Å². The minimum atomic E-state index is -0.557. The fourth-order valence-electron chi connectivity index (χ4n) is 1.57. The van der Waals surface area contributed by atoms with E-state index in [1.165, 1.54) is 0 Å². The number of aryl methyl sites for hydroxylation is 2. The minimum absolute atomic E-state index is 0.0543. The summed E-state index contributed by atoms with van der Waals surface area (Å²) in [6, 6.07) is 1.61. The Hall–Kier alpha value is -1.33. The number of aromatic amines is 1. The molecule has 1 amide bonds. The molecule has 0 radical (unpaired) electrons. The Morgan fingerprint density at radius 3 is 2.89 bits per heavy atom. The zero-order valence-corrected chi connectivity index (χ0v) is 11.3. The van der Waals surface area contributed by atoms with Gasteiger partial charge in [0.1, 0.15) is 5.56 Å². The number of carbonyl (C=O) groups is 1. The molecule has 0 aromatic carbocycles. The minimum Gasteiger partial charge on any atom is -0.326 e. The summed E-state index contributed by atoms with van der Waals surface area (Å²) >= 11 is 5.41. The number of carbonyl (C=O) groups excluding carboxylic acids is 1. The number of hydrogen-bond donors (Lipinski definition) is 2. The van der Waals surface area contributed by atoms with Crippen LogP contribution in [0.15, 0.2) is 10.9 Å². The van der Waals surface area contributed by atoms with Gasteiger partial charge in [-0.05, 0) is 25.0 Å². The Kier molecular flexibility index (Phi) is 5.88. The summed E-state index contributed by atoms with van der Waals surface area (Å²) in [4.78, 5) is 30.8. The summed E-state index contributed by atoms with van der Waals surface area (Å²) in [5, 5.41) is 0. The number of halogens is 1. The fourth-order valence-corrected chi connectivity index (χ4v) is 1.65. The van der Waals surface area contributed by atoms with Crippen LogP contribution >= 0.6 is 11.6 Å². The first-order valence-electron chi connectivity index (χ1n) is 5.81. The fraction of sp³-hybridized carbons (Fsp3) is 0.500. The molecule has 0 aliphatic heterocycles. The maximum atomic E-state index is 11.7. The summed E-state index contributed by atoms with van der Waals surface area (Å²) < 4.78 is 0. The molecule has 0 aliphatic rings. The number of hydroxylamine groups is 1. The quantitative estimate of drug-likeness (QED) is 0.469. The summed E-state index contributed by atoms with van der Waals surface area (Å²) in [6.07, 6.45) is 1.75. The highest BCUT2D eigenvalue weighted by molar-refractivity contribution is 6.17. The Labute approximate surface area is 110 Å². The van der Waals surface area contributed by atoms with Crippen LogP contribution < -0.4 is 11.0 Å². The number of amides is 1. The lowest BCUT2D eigenvalue weighted by Gasteiger charge is -2.08. The van der Waals surface area contributed by atoms with E-state index in [1.807, 2.05) is 13.8 Å². The zero-order chi connectivity index (χ0) is 13.5. The lowest BCUT2D eigenvalue weighted by Crippen LogP contribution is -2.31. The average Bonchev–Trinajstić information content (AvgIpc) is 2.33. The highest BCUT2D eigenvalue weighted by Crippen LogP contribution is 2.07. The SMILES string of the molecule is CCCc1cc(C(=O)NOCCCl)c(=O)[nH]c1C. The van der Waals surface area contributed by atoms with E-state index in [0.29, 0.717) is 0 Å². The molecule has 0 saturated heterocycles. The summed E-state index contributed by atoms with van der Waals surface area (Å²) in [5.41, 5.74) is 3.57. The molecule has 1 aromatic rings. The Bertz CT molecular complexity index is 471. The van der Waals surface area contributed by atoms with Gasteiger partial charge in [0.2, 0.25) is 0 Å². The highest BCUT2D eigenvalue weighted by atomic mass is 35.5. The average molecular weight is 273 g/mol. The normalized spacial score (nSPS) is 10.4. The molecule has 0 aliphatic carbocycles. The summed E-state index contributed by atoms with van der Waals surface area (Å²) in [7, 11) is 0. The van der Waals surface area contributed by atoms with Crippen molar-refractivity contribution in [1.82, 2.24) is 10.5 Å². The maximum absolute atomic E-state index is 11.7. The lowest BCUT2D eigenvalue weighted by atomic mass is 10.1. The number of nitrogens with one attached hydrogen (secondary N) is 2. The number of alkyl halides is 1. The van der Waals surface area contributed by atoms with Crippen LogP contribution in [0.1, 0.15) is 35.0 Å². The topological polar surface area (TPSA) is 71.2 Å². The summed E-state index contributed by atoms with van der Waals surface area (Å²) in [5.74, 6) is -0.287. The molecule has 0 spiro atoms. The van der Waals surface area contributed by atoms with Crippen LogP contribution in [0, 0.1) is 6.92 Å². The van der Waals surface area contributed by atoms with Gasteiger partial charge < -0.3 is 4.98 Å².